The Labute approximate surface area is 138 Å². The standard InChI is InChI=1S/C17H17N3O2S/c1-11-4-6-13(19-16(11)20-17-18-8-9-23-17)12-5-7-14(21-2)15(10-12)22-3/h4-10H,1-3H3,(H,18,19,20). The largest absolute Gasteiger partial charge is 0.493 e. The van der Waals surface area contributed by atoms with Gasteiger partial charge in [0.25, 0.3) is 0 Å². The van der Waals surface area contributed by atoms with E-state index in [1.165, 1.54) is 0 Å². The zero-order valence-electron chi connectivity index (χ0n) is 13.2. The third kappa shape index (κ3) is 3.27. The number of rotatable bonds is 5. The average Bonchev–Trinajstić information content (AvgIpc) is 3.09. The maximum atomic E-state index is 5.36. The lowest BCUT2D eigenvalue weighted by molar-refractivity contribution is 0.355. The fourth-order valence-electron chi connectivity index (χ4n) is 2.20. The molecule has 6 heteroatoms. The lowest BCUT2D eigenvalue weighted by Gasteiger charge is -2.11. The smallest absolute Gasteiger partial charge is 0.188 e. The van der Waals surface area contributed by atoms with E-state index in [1.807, 2.05) is 42.6 Å². The number of pyridine rings is 1. The summed E-state index contributed by atoms with van der Waals surface area (Å²) in [6.45, 7) is 2.02. The van der Waals surface area contributed by atoms with Gasteiger partial charge in [-0.25, -0.2) is 9.97 Å². The molecule has 1 N–H and O–H groups in total. The summed E-state index contributed by atoms with van der Waals surface area (Å²) in [6, 6.07) is 9.79. The van der Waals surface area contributed by atoms with Crippen LogP contribution < -0.4 is 14.8 Å². The van der Waals surface area contributed by atoms with Crippen LogP contribution in [0.25, 0.3) is 11.3 Å². The summed E-state index contributed by atoms with van der Waals surface area (Å²) in [4.78, 5) is 8.94. The van der Waals surface area contributed by atoms with Gasteiger partial charge in [0.1, 0.15) is 5.82 Å². The van der Waals surface area contributed by atoms with E-state index in [0.717, 1.165) is 27.8 Å². The van der Waals surface area contributed by atoms with Crippen molar-refractivity contribution in [3.63, 3.8) is 0 Å². The van der Waals surface area contributed by atoms with E-state index in [1.54, 1.807) is 31.8 Å². The van der Waals surface area contributed by atoms with Gasteiger partial charge in [0, 0.05) is 17.1 Å². The number of hydrogen-bond donors (Lipinski definition) is 1. The van der Waals surface area contributed by atoms with Crippen LogP contribution in [-0.4, -0.2) is 24.2 Å². The highest BCUT2D eigenvalue weighted by molar-refractivity contribution is 7.13. The number of nitrogens with zero attached hydrogens (tertiary/aromatic N) is 2. The van der Waals surface area contributed by atoms with Crippen molar-refractivity contribution in [2.45, 2.75) is 6.92 Å². The Bertz CT molecular complexity index is 804. The van der Waals surface area contributed by atoms with Gasteiger partial charge in [-0.15, -0.1) is 11.3 Å². The predicted molar refractivity (Wildman–Crippen MR) is 92.9 cm³/mol. The van der Waals surface area contributed by atoms with Gasteiger partial charge in [0.15, 0.2) is 16.6 Å². The molecule has 0 saturated carbocycles. The van der Waals surface area contributed by atoms with Crippen molar-refractivity contribution in [3.05, 3.63) is 47.5 Å². The van der Waals surface area contributed by atoms with Crippen LogP contribution in [0.3, 0.4) is 0 Å². The van der Waals surface area contributed by atoms with Crippen molar-refractivity contribution >= 4 is 22.3 Å². The van der Waals surface area contributed by atoms with Crippen LogP contribution in [0.4, 0.5) is 10.9 Å². The second-order valence-electron chi connectivity index (χ2n) is 4.89. The van der Waals surface area contributed by atoms with E-state index in [9.17, 15) is 0 Å². The Hall–Kier alpha value is -2.60. The molecule has 0 atom stereocenters. The predicted octanol–water partition coefficient (Wildman–Crippen LogP) is 4.27. The fraction of sp³-hybridized carbons (Fsp3) is 0.176. The molecule has 23 heavy (non-hydrogen) atoms. The molecule has 0 amide bonds. The molecule has 2 heterocycles. The summed E-state index contributed by atoms with van der Waals surface area (Å²) in [5.74, 6) is 2.18. The molecule has 0 radical (unpaired) electrons. The summed E-state index contributed by atoms with van der Waals surface area (Å²) >= 11 is 1.54. The van der Waals surface area contributed by atoms with Gasteiger partial charge in [-0.1, -0.05) is 6.07 Å². The first-order valence-electron chi connectivity index (χ1n) is 7.08. The zero-order valence-corrected chi connectivity index (χ0v) is 14.0. The molecule has 0 unspecified atom stereocenters. The Morgan fingerprint density at radius 2 is 1.87 bits per heavy atom. The molecular formula is C17H17N3O2S. The Balaban J connectivity index is 1.97. The van der Waals surface area contributed by atoms with Crippen molar-refractivity contribution < 1.29 is 9.47 Å². The third-order valence-corrected chi connectivity index (χ3v) is 4.12. The maximum absolute atomic E-state index is 5.36. The molecule has 0 aliphatic carbocycles. The van der Waals surface area contributed by atoms with E-state index in [2.05, 4.69) is 10.3 Å². The van der Waals surface area contributed by atoms with Crippen molar-refractivity contribution in [2.75, 3.05) is 19.5 Å². The first-order valence-corrected chi connectivity index (χ1v) is 7.96. The average molecular weight is 327 g/mol. The second kappa shape index (κ2) is 6.66. The molecule has 0 aliphatic rings. The summed E-state index contributed by atoms with van der Waals surface area (Å²) in [5.41, 5.74) is 2.88. The van der Waals surface area contributed by atoms with Crippen LogP contribution in [0.5, 0.6) is 11.5 Å². The molecule has 0 fully saturated rings. The van der Waals surface area contributed by atoms with E-state index < -0.39 is 0 Å². The molecule has 3 aromatic rings. The van der Waals surface area contributed by atoms with E-state index in [0.29, 0.717) is 11.5 Å². The van der Waals surface area contributed by atoms with Crippen molar-refractivity contribution in [1.29, 1.82) is 0 Å². The molecule has 118 valence electrons. The maximum Gasteiger partial charge on any atom is 0.188 e. The summed E-state index contributed by atoms with van der Waals surface area (Å²) < 4.78 is 10.6. The van der Waals surface area contributed by atoms with Gasteiger partial charge in [-0.2, -0.15) is 0 Å². The van der Waals surface area contributed by atoms with Crippen molar-refractivity contribution in [2.24, 2.45) is 0 Å². The van der Waals surface area contributed by atoms with Crippen LogP contribution in [0, 0.1) is 6.92 Å². The van der Waals surface area contributed by atoms with E-state index in [-0.39, 0.29) is 0 Å². The van der Waals surface area contributed by atoms with Crippen LogP contribution in [0.1, 0.15) is 5.56 Å². The van der Waals surface area contributed by atoms with Crippen molar-refractivity contribution in [1.82, 2.24) is 9.97 Å². The second-order valence-corrected chi connectivity index (χ2v) is 5.79. The number of nitrogens with one attached hydrogen (secondary N) is 1. The van der Waals surface area contributed by atoms with Gasteiger partial charge in [-0.3, -0.25) is 0 Å². The van der Waals surface area contributed by atoms with E-state index >= 15 is 0 Å². The Kier molecular flexibility index (Phi) is 4.43. The van der Waals surface area contributed by atoms with Gasteiger partial charge in [-0.05, 0) is 36.8 Å². The van der Waals surface area contributed by atoms with Gasteiger partial charge >= 0.3 is 0 Å². The fourth-order valence-corrected chi connectivity index (χ4v) is 2.73. The topological polar surface area (TPSA) is 56.3 Å². The Morgan fingerprint density at radius 3 is 2.57 bits per heavy atom. The first-order chi connectivity index (χ1) is 11.2. The number of benzene rings is 1. The third-order valence-electron chi connectivity index (χ3n) is 3.43. The molecule has 0 spiro atoms. The van der Waals surface area contributed by atoms with Crippen LogP contribution in [-0.2, 0) is 0 Å². The molecule has 0 aliphatic heterocycles. The minimum Gasteiger partial charge on any atom is -0.493 e. The van der Waals surface area contributed by atoms with Gasteiger partial charge < -0.3 is 14.8 Å². The summed E-state index contributed by atoms with van der Waals surface area (Å²) in [6.07, 6.45) is 1.76. The van der Waals surface area contributed by atoms with Crippen molar-refractivity contribution in [3.8, 4) is 22.8 Å². The molecular weight excluding hydrogens is 310 g/mol. The molecule has 2 aromatic heterocycles. The highest BCUT2D eigenvalue weighted by atomic mass is 32.1. The summed E-state index contributed by atoms with van der Waals surface area (Å²) in [5, 5.41) is 6.00. The highest BCUT2D eigenvalue weighted by Gasteiger charge is 2.09. The van der Waals surface area contributed by atoms with Gasteiger partial charge in [0.2, 0.25) is 0 Å². The number of methoxy groups -OCH3 is 2. The lowest BCUT2D eigenvalue weighted by atomic mass is 10.1. The number of anilines is 2. The molecule has 0 bridgehead atoms. The number of aromatic nitrogens is 2. The molecule has 5 nitrogen and oxygen atoms in total. The molecule has 3 rings (SSSR count). The normalized spacial score (nSPS) is 10.4. The Morgan fingerprint density at radius 1 is 1.04 bits per heavy atom. The highest BCUT2D eigenvalue weighted by Crippen LogP contribution is 2.32. The van der Waals surface area contributed by atoms with Crippen LogP contribution in [0.15, 0.2) is 41.9 Å². The number of hydrogen-bond acceptors (Lipinski definition) is 6. The number of ether oxygens (including phenoxy) is 2. The monoisotopic (exact) mass is 327 g/mol. The summed E-state index contributed by atoms with van der Waals surface area (Å²) in [7, 11) is 3.25. The SMILES string of the molecule is COc1ccc(-c2ccc(C)c(Nc3nccs3)n2)cc1OC. The van der Waals surface area contributed by atoms with Gasteiger partial charge in [0.05, 0.1) is 19.9 Å². The zero-order chi connectivity index (χ0) is 16.2. The minimum absolute atomic E-state index is 0.682. The molecule has 1 aromatic carbocycles. The minimum atomic E-state index is 0.682. The first kappa shape index (κ1) is 15.3. The van der Waals surface area contributed by atoms with Crippen LogP contribution >= 0.6 is 11.3 Å². The number of aryl methyl sites for hydroxylation is 1. The lowest BCUT2D eigenvalue weighted by Crippen LogP contribution is -1.98. The molecule has 0 saturated heterocycles. The van der Waals surface area contributed by atoms with Crippen LogP contribution in [0.2, 0.25) is 0 Å². The van der Waals surface area contributed by atoms with E-state index in [4.69, 9.17) is 14.5 Å². The quantitative estimate of drug-likeness (QED) is 0.758. The number of thiazole rings is 1.